The molecule has 1 aliphatic carbocycles. The first-order chi connectivity index (χ1) is 10.2. The Morgan fingerprint density at radius 1 is 1.19 bits per heavy atom. The van der Waals surface area contributed by atoms with Gasteiger partial charge in [0, 0.05) is 22.0 Å². The highest BCUT2D eigenvalue weighted by Gasteiger charge is 2.29. The largest absolute Gasteiger partial charge is 0.271 e. The molecule has 3 N–H and O–H groups in total. The zero-order valence-corrected chi connectivity index (χ0v) is 13.2. The average Bonchev–Trinajstić information content (AvgIpc) is 2.92. The first-order valence-electron chi connectivity index (χ1n) is 7.17. The Labute approximate surface area is 135 Å². The Morgan fingerprint density at radius 2 is 2.00 bits per heavy atom. The molecule has 0 fully saturated rings. The van der Waals surface area contributed by atoms with Gasteiger partial charge in [-0.25, -0.2) is 0 Å². The number of benzene rings is 2. The summed E-state index contributed by atoms with van der Waals surface area (Å²) in [6, 6.07) is 14.3. The van der Waals surface area contributed by atoms with E-state index in [0.29, 0.717) is 10.9 Å². The van der Waals surface area contributed by atoms with E-state index in [4.69, 9.17) is 29.0 Å². The van der Waals surface area contributed by atoms with E-state index in [1.165, 1.54) is 11.1 Å². The van der Waals surface area contributed by atoms with Crippen LogP contribution < -0.4 is 11.3 Å². The van der Waals surface area contributed by atoms with E-state index >= 15 is 0 Å². The third kappa shape index (κ3) is 3.09. The van der Waals surface area contributed by atoms with Crippen LogP contribution in [-0.4, -0.2) is 6.04 Å². The molecule has 1 aliphatic rings. The molecule has 0 spiro atoms. The highest BCUT2D eigenvalue weighted by molar-refractivity contribution is 6.33. The molecule has 2 aromatic rings. The second kappa shape index (κ2) is 6.37. The molecule has 4 heteroatoms. The van der Waals surface area contributed by atoms with Crippen molar-refractivity contribution in [2.45, 2.75) is 31.2 Å². The van der Waals surface area contributed by atoms with Crippen LogP contribution in [0.15, 0.2) is 42.5 Å². The Morgan fingerprint density at radius 3 is 2.81 bits per heavy atom. The third-order valence-corrected chi connectivity index (χ3v) is 4.93. The van der Waals surface area contributed by atoms with Crippen molar-refractivity contribution in [2.75, 3.05) is 0 Å². The van der Waals surface area contributed by atoms with E-state index in [-0.39, 0.29) is 6.04 Å². The lowest BCUT2D eigenvalue weighted by Gasteiger charge is -2.24. The summed E-state index contributed by atoms with van der Waals surface area (Å²) in [6.07, 6.45) is 3.00. The quantitative estimate of drug-likeness (QED) is 0.657. The molecule has 0 aliphatic heterocycles. The maximum atomic E-state index is 6.28. The maximum absolute atomic E-state index is 6.28. The van der Waals surface area contributed by atoms with E-state index in [1.807, 2.05) is 18.2 Å². The predicted molar refractivity (Wildman–Crippen MR) is 88.8 cm³/mol. The van der Waals surface area contributed by atoms with Gasteiger partial charge in [-0.15, -0.1) is 0 Å². The number of hydrogen-bond donors (Lipinski definition) is 2. The fraction of sp³-hybridized carbons (Fsp3) is 0.294. The van der Waals surface area contributed by atoms with Gasteiger partial charge >= 0.3 is 0 Å². The summed E-state index contributed by atoms with van der Waals surface area (Å²) in [6.45, 7) is 0. The summed E-state index contributed by atoms with van der Waals surface area (Å²) in [5.74, 6) is 6.24. The number of nitrogens with one attached hydrogen (secondary N) is 1. The minimum Gasteiger partial charge on any atom is -0.271 e. The molecule has 0 saturated heterocycles. The van der Waals surface area contributed by atoms with Gasteiger partial charge in [0.2, 0.25) is 0 Å². The Balaban J connectivity index is 1.85. The number of rotatable bonds is 4. The van der Waals surface area contributed by atoms with Crippen LogP contribution in [0, 0.1) is 0 Å². The standard InChI is InChI=1S/C17H18Cl2N2/c18-13-6-8-16(19)12(9-13)10-17(21-20)15-7-5-11-3-1-2-4-14(11)15/h1-4,6,8-9,15,17,21H,5,7,10,20H2. The smallest absolute Gasteiger partial charge is 0.0439 e. The van der Waals surface area contributed by atoms with E-state index in [9.17, 15) is 0 Å². The number of fused-ring (bicyclic) bond motifs is 1. The highest BCUT2D eigenvalue weighted by Crippen LogP contribution is 2.36. The molecule has 2 aromatic carbocycles. The summed E-state index contributed by atoms with van der Waals surface area (Å²) in [7, 11) is 0. The number of aryl methyl sites for hydroxylation is 1. The van der Waals surface area contributed by atoms with Gasteiger partial charge in [-0.3, -0.25) is 11.3 Å². The number of hydrogen-bond acceptors (Lipinski definition) is 2. The van der Waals surface area contributed by atoms with Crippen molar-refractivity contribution >= 4 is 23.2 Å². The van der Waals surface area contributed by atoms with Gasteiger partial charge < -0.3 is 0 Å². The summed E-state index contributed by atoms with van der Waals surface area (Å²) < 4.78 is 0. The molecule has 0 aromatic heterocycles. The molecule has 0 radical (unpaired) electrons. The second-order valence-corrected chi connectivity index (χ2v) is 6.40. The van der Waals surface area contributed by atoms with E-state index in [1.54, 1.807) is 0 Å². The SMILES string of the molecule is NNC(Cc1cc(Cl)ccc1Cl)C1CCc2ccccc21. The average molecular weight is 321 g/mol. The minimum atomic E-state index is 0.157. The van der Waals surface area contributed by atoms with Crippen LogP contribution >= 0.6 is 23.2 Å². The number of halogens is 2. The molecule has 0 heterocycles. The van der Waals surface area contributed by atoms with Gasteiger partial charge in [-0.2, -0.15) is 0 Å². The van der Waals surface area contributed by atoms with Crippen molar-refractivity contribution in [3.05, 3.63) is 69.2 Å². The fourth-order valence-corrected chi connectivity index (χ4v) is 3.65. The van der Waals surface area contributed by atoms with Gasteiger partial charge in [-0.1, -0.05) is 47.5 Å². The van der Waals surface area contributed by atoms with Crippen LogP contribution in [-0.2, 0) is 12.8 Å². The molecule has 0 amide bonds. The maximum Gasteiger partial charge on any atom is 0.0439 e. The monoisotopic (exact) mass is 320 g/mol. The molecule has 0 bridgehead atoms. The summed E-state index contributed by atoms with van der Waals surface area (Å²) in [5, 5.41) is 1.45. The highest BCUT2D eigenvalue weighted by atomic mass is 35.5. The van der Waals surface area contributed by atoms with E-state index in [0.717, 1.165) is 29.8 Å². The van der Waals surface area contributed by atoms with Crippen LogP contribution in [0.5, 0.6) is 0 Å². The van der Waals surface area contributed by atoms with Crippen molar-refractivity contribution in [3.63, 3.8) is 0 Å². The van der Waals surface area contributed by atoms with Crippen molar-refractivity contribution in [2.24, 2.45) is 5.84 Å². The topological polar surface area (TPSA) is 38.0 Å². The minimum absolute atomic E-state index is 0.157. The Bertz CT molecular complexity index is 642. The molecular formula is C17H18Cl2N2. The van der Waals surface area contributed by atoms with Crippen LogP contribution in [0.1, 0.15) is 29.0 Å². The van der Waals surface area contributed by atoms with Gasteiger partial charge in [0.15, 0.2) is 0 Å². The number of nitrogens with two attached hydrogens (primary N) is 1. The molecule has 2 unspecified atom stereocenters. The Kier molecular flexibility index (Phi) is 4.51. The van der Waals surface area contributed by atoms with Crippen molar-refractivity contribution in [1.29, 1.82) is 0 Å². The fourth-order valence-electron chi connectivity index (χ4n) is 3.26. The van der Waals surface area contributed by atoms with Gasteiger partial charge in [0.25, 0.3) is 0 Å². The van der Waals surface area contributed by atoms with Crippen molar-refractivity contribution in [3.8, 4) is 0 Å². The summed E-state index contributed by atoms with van der Waals surface area (Å²) >= 11 is 12.4. The van der Waals surface area contributed by atoms with Crippen molar-refractivity contribution < 1.29 is 0 Å². The lowest BCUT2D eigenvalue weighted by Crippen LogP contribution is -2.40. The third-order valence-electron chi connectivity index (χ3n) is 4.33. The zero-order valence-electron chi connectivity index (χ0n) is 11.7. The second-order valence-electron chi connectivity index (χ2n) is 5.56. The summed E-state index contributed by atoms with van der Waals surface area (Å²) in [4.78, 5) is 0. The van der Waals surface area contributed by atoms with E-state index in [2.05, 4.69) is 29.7 Å². The van der Waals surface area contributed by atoms with Crippen LogP contribution in [0.2, 0.25) is 10.0 Å². The molecule has 21 heavy (non-hydrogen) atoms. The van der Waals surface area contributed by atoms with E-state index < -0.39 is 0 Å². The lowest BCUT2D eigenvalue weighted by atomic mass is 9.89. The lowest BCUT2D eigenvalue weighted by molar-refractivity contribution is 0.434. The molecule has 110 valence electrons. The molecule has 0 saturated carbocycles. The normalized spacial score (nSPS) is 18.5. The molecule has 3 rings (SSSR count). The van der Waals surface area contributed by atoms with Crippen LogP contribution in [0.4, 0.5) is 0 Å². The van der Waals surface area contributed by atoms with Gasteiger partial charge in [0.1, 0.15) is 0 Å². The van der Waals surface area contributed by atoms with Crippen LogP contribution in [0.25, 0.3) is 0 Å². The molecular weight excluding hydrogens is 303 g/mol. The molecule has 2 nitrogen and oxygen atoms in total. The van der Waals surface area contributed by atoms with Gasteiger partial charge in [-0.05, 0) is 54.2 Å². The zero-order chi connectivity index (χ0) is 14.8. The first kappa shape index (κ1) is 14.9. The molecule has 2 atom stereocenters. The van der Waals surface area contributed by atoms with Crippen molar-refractivity contribution in [1.82, 2.24) is 5.43 Å². The first-order valence-corrected chi connectivity index (χ1v) is 7.92. The number of hydrazine groups is 1. The van der Waals surface area contributed by atoms with Gasteiger partial charge in [0.05, 0.1) is 0 Å². The predicted octanol–water partition coefficient (Wildman–Crippen LogP) is 4.10. The Hall–Kier alpha value is -1.06. The van der Waals surface area contributed by atoms with Crippen LogP contribution in [0.3, 0.4) is 0 Å². The summed E-state index contributed by atoms with van der Waals surface area (Å²) in [5.41, 5.74) is 6.85.